The quantitative estimate of drug-likeness (QED) is 0.611. The number of amides is 1. The van der Waals surface area contributed by atoms with Crippen molar-refractivity contribution in [2.45, 2.75) is 12.8 Å². The van der Waals surface area contributed by atoms with Crippen molar-refractivity contribution in [3.05, 3.63) is 0 Å². The zero-order chi connectivity index (χ0) is 7.56. The minimum atomic E-state index is -0.160. The first kappa shape index (κ1) is 7.54. The molecule has 0 atom stereocenters. The van der Waals surface area contributed by atoms with E-state index in [-0.39, 0.29) is 11.8 Å². The first-order valence-corrected chi connectivity index (χ1v) is 3.52. The molecule has 0 aromatic heterocycles. The van der Waals surface area contributed by atoms with Gasteiger partial charge in [-0.3, -0.25) is 4.79 Å². The molecule has 1 aliphatic rings. The van der Waals surface area contributed by atoms with E-state index < -0.39 is 0 Å². The molecular weight excluding hydrogens is 130 g/mol. The van der Waals surface area contributed by atoms with E-state index in [0.717, 1.165) is 19.4 Å². The van der Waals surface area contributed by atoms with E-state index >= 15 is 0 Å². The molecule has 1 rings (SSSR count). The number of carbonyl (C=O) groups excluding carboxylic acids is 1. The molecule has 0 spiro atoms. The maximum atomic E-state index is 10.5. The lowest BCUT2D eigenvalue weighted by Crippen LogP contribution is -2.36. The second kappa shape index (κ2) is 3.01. The second-order valence-corrected chi connectivity index (χ2v) is 2.89. The van der Waals surface area contributed by atoms with Gasteiger partial charge >= 0.3 is 0 Å². The van der Waals surface area contributed by atoms with Crippen molar-refractivity contribution in [1.29, 1.82) is 0 Å². The van der Waals surface area contributed by atoms with Gasteiger partial charge in [0.1, 0.15) is 0 Å². The maximum Gasteiger partial charge on any atom is 0.220 e. The topological polar surface area (TPSA) is 52.3 Å². The van der Waals surface area contributed by atoms with Gasteiger partial charge in [0.2, 0.25) is 5.91 Å². The summed E-state index contributed by atoms with van der Waals surface area (Å²) in [5, 5.41) is 0. The summed E-state index contributed by atoms with van der Waals surface area (Å²) in [5.74, 6) is 0.537. The molecule has 2 N–H and O–H groups in total. The average molecular weight is 143 g/mol. The van der Waals surface area contributed by atoms with Crippen LogP contribution in [0.2, 0.25) is 0 Å². The third kappa shape index (κ3) is 1.48. The van der Waals surface area contributed by atoms with Gasteiger partial charge < -0.3 is 10.5 Å². The summed E-state index contributed by atoms with van der Waals surface area (Å²) in [7, 11) is 1.68. The summed E-state index contributed by atoms with van der Waals surface area (Å²) < 4.78 is 4.92. The standard InChI is InChI=1S/C7H13NO2/c1-10-4-5-2-6(3-5)7(8)9/h5-6H,2-4H2,1H3,(H2,8,9). The van der Waals surface area contributed by atoms with Crippen LogP contribution in [0.5, 0.6) is 0 Å². The summed E-state index contributed by atoms with van der Waals surface area (Å²) in [6.07, 6.45) is 1.84. The summed E-state index contributed by atoms with van der Waals surface area (Å²) in [6.45, 7) is 0.768. The van der Waals surface area contributed by atoms with Gasteiger partial charge in [0, 0.05) is 19.6 Å². The number of nitrogens with two attached hydrogens (primary N) is 1. The lowest BCUT2D eigenvalue weighted by Gasteiger charge is -2.32. The van der Waals surface area contributed by atoms with Crippen LogP contribution in [0.4, 0.5) is 0 Å². The highest BCUT2D eigenvalue weighted by Crippen LogP contribution is 2.33. The van der Waals surface area contributed by atoms with Crippen LogP contribution in [-0.2, 0) is 9.53 Å². The number of primary amides is 1. The van der Waals surface area contributed by atoms with Gasteiger partial charge in [-0.25, -0.2) is 0 Å². The van der Waals surface area contributed by atoms with Crippen molar-refractivity contribution in [2.24, 2.45) is 17.6 Å². The highest BCUT2D eigenvalue weighted by atomic mass is 16.5. The fourth-order valence-electron chi connectivity index (χ4n) is 1.34. The van der Waals surface area contributed by atoms with Crippen LogP contribution < -0.4 is 5.73 Å². The Morgan fingerprint density at radius 1 is 1.70 bits per heavy atom. The third-order valence-corrected chi connectivity index (χ3v) is 2.04. The normalized spacial score (nSPS) is 31.3. The van der Waals surface area contributed by atoms with Crippen LogP contribution in [0.25, 0.3) is 0 Å². The van der Waals surface area contributed by atoms with Gasteiger partial charge in [0.25, 0.3) is 0 Å². The Morgan fingerprint density at radius 3 is 2.70 bits per heavy atom. The van der Waals surface area contributed by atoms with Crippen LogP contribution >= 0.6 is 0 Å². The van der Waals surface area contributed by atoms with Crippen molar-refractivity contribution in [1.82, 2.24) is 0 Å². The van der Waals surface area contributed by atoms with Crippen LogP contribution in [0.15, 0.2) is 0 Å². The molecule has 3 heteroatoms. The van der Waals surface area contributed by atoms with Gasteiger partial charge in [-0.15, -0.1) is 0 Å². The molecule has 1 aliphatic carbocycles. The predicted octanol–water partition coefficient (Wildman–Crippen LogP) is 0.144. The molecule has 1 saturated carbocycles. The predicted molar refractivity (Wildman–Crippen MR) is 37.3 cm³/mol. The summed E-state index contributed by atoms with van der Waals surface area (Å²) in [4.78, 5) is 10.5. The SMILES string of the molecule is COCC1CC(C(N)=O)C1. The molecule has 0 heterocycles. The molecule has 1 amide bonds. The molecule has 3 nitrogen and oxygen atoms in total. The molecule has 0 bridgehead atoms. The first-order chi connectivity index (χ1) is 4.74. The molecule has 0 aliphatic heterocycles. The van der Waals surface area contributed by atoms with E-state index in [1.807, 2.05) is 0 Å². The zero-order valence-corrected chi connectivity index (χ0v) is 6.17. The molecule has 0 radical (unpaired) electrons. The first-order valence-electron chi connectivity index (χ1n) is 3.52. The largest absolute Gasteiger partial charge is 0.384 e. The van der Waals surface area contributed by atoms with Crippen molar-refractivity contribution in [3.8, 4) is 0 Å². The molecule has 1 fully saturated rings. The number of hydrogen-bond donors (Lipinski definition) is 1. The highest BCUT2D eigenvalue weighted by Gasteiger charge is 2.32. The fourth-order valence-corrected chi connectivity index (χ4v) is 1.34. The average Bonchev–Trinajstić information content (AvgIpc) is 1.76. The van der Waals surface area contributed by atoms with Crippen LogP contribution in [-0.4, -0.2) is 19.6 Å². The van der Waals surface area contributed by atoms with Crippen LogP contribution in [0.1, 0.15) is 12.8 Å². The van der Waals surface area contributed by atoms with E-state index in [1.54, 1.807) is 7.11 Å². The van der Waals surface area contributed by atoms with E-state index in [4.69, 9.17) is 10.5 Å². The molecule has 0 aromatic rings. The number of rotatable bonds is 3. The Kier molecular flexibility index (Phi) is 2.27. The zero-order valence-electron chi connectivity index (χ0n) is 6.17. The Labute approximate surface area is 60.5 Å². The summed E-state index contributed by atoms with van der Waals surface area (Å²) in [6, 6.07) is 0. The Balaban J connectivity index is 2.12. The number of hydrogen-bond acceptors (Lipinski definition) is 2. The van der Waals surface area contributed by atoms with E-state index in [0.29, 0.717) is 5.92 Å². The monoisotopic (exact) mass is 143 g/mol. The number of carbonyl (C=O) groups is 1. The van der Waals surface area contributed by atoms with Gasteiger partial charge in [-0.05, 0) is 18.8 Å². The molecule has 0 saturated heterocycles. The van der Waals surface area contributed by atoms with E-state index in [9.17, 15) is 4.79 Å². The van der Waals surface area contributed by atoms with Crippen molar-refractivity contribution in [3.63, 3.8) is 0 Å². The van der Waals surface area contributed by atoms with Gasteiger partial charge in [0.15, 0.2) is 0 Å². The second-order valence-electron chi connectivity index (χ2n) is 2.89. The smallest absolute Gasteiger partial charge is 0.220 e. The lowest BCUT2D eigenvalue weighted by molar-refractivity contribution is -0.126. The minimum Gasteiger partial charge on any atom is -0.384 e. The molecule has 0 aromatic carbocycles. The van der Waals surface area contributed by atoms with E-state index in [1.165, 1.54) is 0 Å². The molecule has 0 unspecified atom stereocenters. The highest BCUT2D eigenvalue weighted by molar-refractivity contribution is 5.77. The Bertz CT molecular complexity index is 130. The Morgan fingerprint density at radius 2 is 2.30 bits per heavy atom. The Hall–Kier alpha value is -0.570. The molecule has 10 heavy (non-hydrogen) atoms. The molecule has 58 valence electrons. The third-order valence-electron chi connectivity index (χ3n) is 2.04. The van der Waals surface area contributed by atoms with Crippen LogP contribution in [0.3, 0.4) is 0 Å². The van der Waals surface area contributed by atoms with Crippen molar-refractivity contribution < 1.29 is 9.53 Å². The summed E-state index contributed by atoms with van der Waals surface area (Å²) in [5.41, 5.74) is 5.08. The summed E-state index contributed by atoms with van der Waals surface area (Å²) >= 11 is 0. The van der Waals surface area contributed by atoms with Gasteiger partial charge in [-0.2, -0.15) is 0 Å². The maximum absolute atomic E-state index is 10.5. The number of methoxy groups -OCH3 is 1. The molecular formula is C7H13NO2. The number of ether oxygens (including phenoxy) is 1. The van der Waals surface area contributed by atoms with Crippen molar-refractivity contribution in [2.75, 3.05) is 13.7 Å². The van der Waals surface area contributed by atoms with Gasteiger partial charge in [0.05, 0.1) is 0 Å². The lowest BCUT2D eigenvalue weighted by atomic mass is 9.75. The minimum absolute atomic E-state index is 0.125. The fraction of sp³-hybridized carbons (Fsp3) is 0.857. The van der Waals surface area contributed by atoms with Crippen molar-refractivity contribution >= 4 is 5.91 Å². The van der Waals surface area contributed by atoms with Crippen LogP contribution in [0, 0.1) is 11.8 Å². The van der Waals surface area contributed by atoms with Gasteiger partial charge in [-0.1, -0.05) is 0 Å². The van der Waals surface area contributed by atoms with E-state index in [2.05, 4.69) is 0 Å².